The molecular weight excluding hydrogens is 174 g/mol. The highest BCUT2D eigenvalue weighted by Gasteiger charge is 2.33. The van der Waals surface area contributed by atoms with E-state index in [1.807, 2.05) is 12.3 Å². The van der Waals surface area contributed by atoms with Crippen molar-refractivity contribution in [2.24, 2.45) is 5.92 Å². The van der Waals surface area contributed by atoms with E-state index in [2.05, 4.69) is 37.0 Å². The maximum Gasteiger partial charge on any atom is 0.148 e. The van der Waals surface area contributed by atoms with Gasteiger partial charge in [-0.1, -0.05) is 24.3 Å². The molecule has 0 saturated carbocycles. The summed E-state index contributed by atoms with van der Waals surface area (Å²) >= 11 is 0. The fourth-order valence-corrected chi connectivity index (χ4v) is 2.14. The molecule has 2 nitrogen and oxygen atoms in total. The smallest absolute Gasteiger partial charge is 0.148 e. The molecule has 0 radical (unpaired) electrons. The molecule has 14 heavy (non-hydrogen) atoms. The Kier molecular flexibility index (Phi) is 2.28. The third kappa shape index (κ3) is 1.31. The minimum atomic E-state index is 0.264. The van der Waals surface area contributed by atoms with Gasteiger partial charge in [-0.25, -0.2) is 0 Å². The largest absolute Gasteiger partial charge is 0.367 e. The normalized spacial score (nSPS) is 29.4. The zero-order valence-electron chi connectivity index (χ0n) is 8.55. The third-order valence-electron chi connectivity index (χ3n) is 2.87. The molecule has 1 heterocycles. The first-order chi connectivity index (χ1) is 6.74. The average Bonchev–Trinajstić information content (AvgIpc) is 2.56. The molecule has 0 N–H and O–H groups in total. The van der Waals surface area contributed by atoms with Gasteiger partial charge >= 0.3 is 0 Å². The van der Waals surface area contributed by atoms with E-state index >= 15 is 0 Å². The molecule has 2 heteroatoms. The highest BCUT2D eigenvalue weighted by atomic mass is 16.1. The molecule has 0 aromatic rings. The van der Waals surface area contributed by atoms with Crippen LogP contribution in [0.5, 0.6) is 0 Å². The summed E-state index contributed by atoms with van der Waals surface area (Å²) in [6.45, 7) is 4.29. The van der Waals surface area contributed by atoms with Gasteiger partial charge in [-0.15, -0.1) is 0 Å². The first-order valence-electron chi connectivity index (χ1n) is 5.03. The Hall–Kier alpha value is -1.31. The Morgan fingerprint density at radius 2 is 2.07 bits per heavy atom. The van der Waals surface area contributed by atoms with Crippen molar-refractivity contribution in [3.8, 4) is 0 Å². The van der Waals surface area contributed by atoms with Gasteiger partial charge in [0.2, 0.25) is 0 Å². The van der Waals surface area contributed by atoms with Gasteiger partial charge in [-0.05, 0) is 13.8 Å². The van der Waals surface area contributed by atoms with Crippen LogP contribution < -0.4 is 0 Å². The molecule has 74 valence electrons. The van der Waals surface area contributed by atoms with Crippen LogP contribution in [0.1, 0.15) is 13.8 Å². The van der Waals surface area contributed by atoms with Crippen LogP contribution in [0.3, 0.4) is 0 Å². The van der Waals surface area contributed by atoms with E-state index in [-0.39, 0.29) is 5.92 Å². The Bertz CT molecular complexity index is 325. The lowest BCUT2D eigenvalue weighted by Gasteiger charge is -2.30. The second-order valence-electron chi connectivity index (χ2n) is 4.07. The minimum Gasteiger partial charge on any atom is -0.367 e. The van der Waals surface area contributed by atoms with Crippen molar-refractivity contribution in [3.63, 3.8) is 0 Å². The molecule has 1 aliphatic heterocycles. The molecule has 0 fully saturated rings. The van der Waals surface area contributed by atoms with E-state index in [4.69, 9.17) is 0 Å². The quantitative estimate of drug-likeness (QED) is 0.618. The third-order valence-corrected chi connectivity index (χ3v) is 2.87. The number of fused-ring (bicyclic) bond motifs is 1. The monoisotopic (exact) mass is 189 g/mol. The predicted molar refractivity (Wildman–Crippen MR) is 56.7 cm³/mol. The lowest BCUT2D eigenvalue weighted by atomic mass is 9.91. The van der Waals surface area contributed by atoms with E-state index in [0.717, 1.165) is 11.9 Å². The predicted octanol–water partition coefficient (Wildman–Crippen LogP) is 1.90. The van der Waals surface area contributed by atoms with Crippen LogP contribution in [0.2, 0.25) is 0 Å². The molecule has 2 aliphatic rings. The molecule has 0 saturated heterocycles. The van der Waals surface area contributed by atoms with Gasteiger partial charge in [0.1, 0.15) is 6.29 Å². The van der Waals surface area contributed by atoms with Gasteiger partial charge < -0.3 is 4.90 Å². The zero-order chi connectivity index (χ0) is 10.1. The summed E-state index contributed by atoms with van der Waals surface area (Å²) in [5.74, 6) is 0.264. The zero-order valence-corrected chi connectivity index (χ0v) is 8.55. The van der Waals surface area contributed by atoms with E-state index in [0.29, 0.717) is 12.1 Å². The van der Waals surface area contributed by atoms with Gasteiger partial charge in [0.25, 0.3) is 0 Å². The minimum absolute atomic E-state index is 0.264. The fourth-order valence-electron chi connectivity index (χ4n) is 2.14. The Balaban J connectivity index is 2.31. The van der Waals surface area contributed by atoms with E-state index in [1.54, 1.807) is 0 Å². The molecular formula is C12H15NO. The van der Waals surface area contributed by atoms with Crippen LogP contribution in [0.15, 0.2) is 36.1 Å². The van der Waals surface area contributed by atoms with Gasteiger partial charge in [-0.2, -0.15) is 0 Å². The standard InChI is InChI=1S/C12H15NO/c1-9(2)13-7-10(8-14)11-5-3-4-6-12(11)13/h3-9,11-12H,1-2H3. The Morgan fingerprint density at radius 1 is 1.36 bits per heavy atom. The van der Waals surface area contributed by atoms with Crippen molar-refractivity contribution in [2.75, 3.05) is 0 Å². The molecule has 2 unspecified atom stereocenters. The topological polar surface area (TPSA) is 20.3 Å². The second-order valence-corrected chi connectivity index (χ2v) is 4.07. The highest BCUT2D eigenvalue weighted by molar-refractivity contribution is 5.76. The molecule has 0 aromatic heterocycles. The number of aldehydes is 1. The first kappa shape index (κ1) is 9.25. The molecule has 2 rings (SSSR count). The van der Waals surface area contributed by atoms with E-state index in [9.17, 15) is 4.79 Å². The van der Waals surface area contributed by atoms with Gasteiger partial charge in [0.15, 0.2) is 0 Å². The number of rotatable bonds is 2. The summed E-state index contributed by atoms with van der Waals surface area (Å²) in [6.07, 6.45) is 11.3. The van der Waals surface area contributed by atoms with Gasteiger partial charge in [-0.3, -0.25) is 4.79 Å². The molecule has 0 bridgehead atoms. The van der Waals surface area contributed by atoms with Crippen LogP contribution in [-0.2, 0) is 4.79 Å². The van der Waals surface area contributed by atoms with Crippen molar-refractivity contribution < 1.29 is 4.79 Å². The number of carbonyl (C=O) groups excluding carboxylic acids is 1. The summed E-state index contributed by atoms with van der Waals surface area (Å²) < 4.78 is 0. The molecule has 0 amide bonds. The summed E-state index contributed by atoms with van der Waals surface area (Å²) in [5.41, 5.74) is 0.893. The Morgan fingerprint density at radius 3 is 2.71 bits per heavy atom. The molecule has 0 aromatic carbocycles. The van der Waals surface area contributed by atoms with Crippen LogP contribution in [0, 0.1) is 5.92 Å². The Labute approximate surface area is 84.6 Å². The van der Waals surface area contributed by atoms with Crippen molar-refractivity contribution in [3.05, 3.63) is 36.1 Å². The van der Waals surface area contributed by atoms with E-state index < -0.39 is 0 Å². The second kappa shape index (κ2) is 3.45. The van der Waals surface area contributed by atoms with Crippen molar-refractivity contribution in [2.45, 2.75) is 25.9 Å². The SMILES string of the molecule is CC(C)N1C=C(C=O)C2C=CC=CC21. The molecule has 0 spiro atoms. The summed E-state index contributed by atoms with van der Waals surface area (Å²) in [6, 6.07) is 0.788. The summed E-state index contributed by atoms with van der Waals surface area (Å²) in [4.78, 5) is 13.1. The number of nitrogens with zero attached hydrogens (tertiary/aromatic N) is 1. The van der Waals surface area contributed by atoms with Gasteiger partial charge in [0, 0.05) is 23.7 Å². The maximum absolute atomic E-state index is 10.9. The molecule has 2 atom stereocenters. The number of hydrogen-bond acceptors (Lipinski definition) is 2. The highest BCUT2D eigenvalue weighted by Crippen LogP contribution is 2.32. The average molecular weight is 189 g/mol. The number of hydrogen-bond donors (Lipinski definition) is 0. The van der Waals surface area contributed by atoms with Crippen LogP contribution in [-0.4, -0.2) is 23.3 Å². The first-order valence-corrected chi connectivity index (χ1v) is 5.03. The number of allylic oxidation sites excluding steroid dienone is 2. The van der Waals surface area contributed by atoms with Crippen molar-refractivity contribution in [1.82, 2.24) is 4.90 Å². The van der Waals surface area contributed by atoms with Crippen molar-refractivity contribution in [1.29, 1.82) is 0 Å². The van der Waals surface area contributed by atoms with Crippen molar-refractivity contribution >= 4 is 6.29 Å². The van der Waals surface area contributed by atoms with Crippen LogP contribution in [0.4, 0.5) is 0 Å². The van der Waals surface area contributed by atoms with E-state index in [1.165, 1.54) is 0 Å². The summed E-state index contributed by atoms with van der Waals surface area (Å²) in [5, 5.41) is 0. The number of carbonyl (C=O) groups is 1. The van der Waals surface area contributed by atoms with Gasteiger partial charge in [0.05, 0.1) is 6.04 Å². The maximum atomic E-state index is 10.9. The lowest BCUT2D eigenvalue weighted by molar-refractivity contribution is -0.105. The fraction of sp³-hybridized carbons (Fsp3) is 0.417. The van der Waals surface area contributed by atoms with Crippen LogP contribution in [0.25, 0.3) is 0 Å². The molecule has 1 aliphatic carbocycles. The summed E-state index contributed by atoms with van der Waals surface area (Å²) in [7, 11) is 0. The van der Waals surface area contributed by atoms with Crippen LogP contribution >= 0.6 is 0 Å². The lowest BCUT2D eigenvalue weighted by Crippen LogP contribution is -2.35.